The van der Waals surface area contributed by atoms with Crippen LogP contribution in [0, 0.1) is 13.8 Å². The highest BCUT2D eigenvalue weighted by Crippen LogP contribution is 2.23. The fourth-order valence-electron chi connectivity index (χ4n) is 3.65. The van der Waals surface area contributed by atoms with Crippen LogP contribution >= 0.6 is 0 Å². The van der Waals surface area contributed by atoms with E-state index in [4.69, 9.17) is 9.15 Å². The number of carbonyl (C=O) groups excluding carboxylic acids is 2. The summed E-state index contributed by atoms with van der Waals surface area (Å²) < 4.78 is 11.3. The summed E-state index contributed by atoms with van der Waals surface area (Å²) in [6, 6.07) is 11.2. The van der Waals surface area contributed by atoms with Crippen molar-refractivity contribution < 1.29 is 18.7 Å². The molecule has 2 aliphatic rings. The molecule has 1 aromatic carbocycles. The molecule has 0 bridgehead atoms. The molecule has 2 N–H and O–H groups in total. The van der Waals surface area contributed by atoms with E-state index in [0.29, 0.717) is 25.4 Å². The molecule has 2 aromatic rings. The summed E-state index contributed by atoms with van der Waals surface area (Å²) in [6.07, 6.45) is 0. The Labute approximate surface area is 181 Å². The quantitative estimate of drug-likeness (QED) is 0.725. The van der Waals surface area contributed by atoms with Crippen LogP contribution in [0.5, 0.6) is 0 Å². The number of benzene rings is 1. The number of morpholine rings is 1. The summed E-state index contributed by atoms with van der Waals surface area (Å²) >= 11 is 0. The molecule has 31 heavy (non-hydrogen) atoms. The zero-order valence-electron chi connectivity index (χ0n) is 17.8. The Morgan fingerprint density at radius 1 is 1.16 bits per heavy atom. The Balaban J connectivity index is 1.43. The summed E-state index contributed by atoms with van der Waals surface area (Å²) in [5.41, 5.74) is 4.60. The molecule has 0 saturated carbocycles. The van der Waals surface area contributed by atoms with Crippen LogP contribution in [-0.2, 0) is 14.3 Å². The van der Waals surface area contributed by atoms with E-state index < -0.39 is 0 Å². The number of hydrogen-bond acceptors (Lipinski definition) is 7. The maximum Gasteiger partial charge on any atom is 0.288 e. The smallest absolute Gasteiger partial charge is 0.288 e. The molecule has 1 fully saturated rings. The molecule has 2 aliphatic heterocycles. The molecule has 1 atom stereocenters. The predicted octanol–water partition coefficient (Wildman–Crippen LogP) is 1.34. The Bertz CT molecular complexity index is 963. The van der Waals surface area contributed by atoms with Crippen molar-refractivity contribution in [3.8, 4) is 0 Å². The van der Waals surface area contributed by atoms with E-state index in [2.05, 4.69) is 20.6 Å². The number of hydrazine groups is 1. The molecule has 0 spiro atoms. The van der Waals surface area contributed by atoms with Gasteiger partial charge in [0.15, 0.2) is 0 Å². The maximum absolute atomic E-state index is 12.8. The van der Waals surface area contributed by atoms with Crippen molar-refractivity contribution in [3.05, 3.63) is 53.5 Å². The van der Waals surface area contributed by atoms with Crippen LogP contribution < -0.4 is 15.8 Å². The van der Waals surface area contributed by atoms with Gasteiger partial charge in [-0.25, -0.2) is 5.01 Å². The van der Waals surface area contributed by atoms with Crippen LogP contribution in [0.1, 0.15) is 23.1 Å². The van der Waals surface area contributed by atoms with Gasteiger partial charge in [-0.2, -0.15) is 0 Å². The molecule has 164 valence electrons. The second-order valence-electron chi connectivity index (χ2n) is 7.66. The lowest BCUT2D eigenvalue weighted by atomic mass is 10.1. The van der Waals surface area contributed by atoms with E-state index in [1.54, 1.807) is 0 Å². The number of amides is 2. The summed E-state index contributed by atoms with van der Waals surface area (Å²) in [7, 11) is 0. The van der Waals surface area contributed by atoms with E-state index in [0.717, 1.165) is 30.2 Å². The number of rotatable bonds is 6. The SMILES string of the molecule is Cc1ccc(N2NC(C(=O)NCC(c3ccc(C)o3)N3CCOCC3)=NCC2=O)cc1. The van der Waals surface area contributed by atoms with Crippen molar-refractivity contribution in [2.75, 3.05) is 44.4 Å². The first-order valence-corrected chi connectivity index (χ1v) is 10.4. The van der Waals surface area contributed by atoms with E-state index >= 15 is 0 Å². The normalized spacial score (nSPS) is 18.3. The van der Waals surface area contributed by atoms with Gasteiger partial charge < -0.3 is 14.5 Å². The van der Waals surface area contributed by atoms with Crippen LogP contribution in [0.3, 0.4) is 0 Å². The van der Waals surface area contributed by atoms with Crippen molar-refractivity contribution >= 4 is 23.3 Å². The molecule has 1 aromatic heterocycles. The number of amidine groups is 1. The van der Waals surface area contributed by atoms with Gasteiger partial charge in [-0.15, -0.1) is 0 Å². The second kappa shape index (κ2) is 9.32. The van der Waals surface area contributed by atoms with Crippen molar-refractivity contribution in [1.29, 1.82) is 0 Å². The fourth-order valence-corrected chi connectivity index (χ4v) is 3.65. The van der Waals surface area contributed by atoms with E-state index in [1.165, 1.54) is 5.01 Å². The molecule has 0 radical (unpaired) electrons. The third-order valence-corrected chi connectivity index (χ3v) is 5.38. The van der Waals surface area contributed by atoms with Gasteiger partial charge in [-0.3, -0.25) is 24.9 Å². The minimum absolute atomic E-state index is 0.0894. The number of aryl methyl sites for hydroxylation is 2. The first kappa shape index (κ1) is 21.1. The van der Waals surface area contributed by atoms with Gasteiger partial charge in [0.25, 0.3) is 11.8 Å². The van der Waals surface area contributed by atoms with Crippen molar-refractivity contribution in [2.24, 2.45) is 4.99 Å². The summed E-state index contributed by atoms with van der Waals surface area (Å²) in [6.45, 7) is 6.94. The van der Waals surface area contributed by atoms with Gasteiger partial charge >= 0.3 is 0 Å². The number of nitrogens with one attached hydrogen (secondary N) is 2. The molecule has 0 aliphatic carbocycles. The molecular formula is C22H27N5O4. The lowest BCUT2D eigenvalue weighted by molar-refractivity contribution is -0.118. The minimum Gasteiger partial charge on any atom is -0.465 e. The predicted molar refractivity (Wildman–Crippen MR) is 116 cm³/mol. The first-order valence-electron chi connectivity index (χ1n) is 10.4. The van der Waals surface area contributed by atoms with E-state index in [-0.39, 0.29) is 30.2 Å². The molecule has 3 heterocycles. The lowest BCUT2D eigenvalue weighted by Gasteiger charge is -2.33. The lowest BCUT2D eigenvalue weighted by Crippen LogP contribution is -2.56. The minimum atomic E-state index is -0.369. The Morgan fingerprint density at radius 3 is 2.58 bits per heavy atom. The maximum atomic E-state index is 12.8. The number of ether oxygens (including phenoxy) is 1. The zero-order chi connectivity index (χ0) is 21.8. The van der Waals surface area contributed by atoms with Crippen LogP contribution in [0.25, 0.3) is 0 Å². The number of hydrogen-bond donors (Lipinski definition) is 2. The summed E-state index contributed by atoms with van der Waals surface area (Å²) in [4.78, 5) is 31.5. The van der Waals surface area contributed by atoms with Gasteiger partial charge in [-0.1, -0.05) is 17.7 Å². The largest absolute Gasteiger partial charge is 0.465 e. The standard InChI is InChI=1S/C22H27N5O4/c1-15-3-6-17(7-4-15)27-20(28)14-23-21(25-27)22(29)24-13-18(19-8-5-16(2)31-19)26-9-11-30-12-10-26/h3-8,18H,9-14H2,1-2H3,(H,23,25)(H,24,29). The Kier molecular flexibility index (Phi) is 6.34. The van der Waals surface area contributed by atoms with Crippen molar-refractivity contribution in [2.45, 2.75) is 19.9 Å². The third-order valence-electron chi connectivity index (χ3n) is 5.38. The van der Waals surface area contributed by atoms with Crippen LogP contribution in [0.4, 0.5) is 5.69 Å². The van der Waals surface area contributed by atoms with Gasteiger partial charge in [-0.05, 0) is 38.1 Å². The summed E-state index contributed by atoms with van der Waals surface area (Å²) in [5, 5.41) is 4.30. The zero-order valence-corrected chi connectivity index (χ0v) is 17.8. The number of nitrogens with zero attached hydrogens (tertiary/aromatic N) is 3. The highest BCUT2D eigenvalue weighted by Gasteiger charge is 2.29. The fraction of sp³-hybridized carbons (Fsp3) is 0.409. The van der Waals surface area contributed by atoms with Gasteiger partial charge in [0.1, 0.15) is 18.1 Å². The first-order chi connectivity index (χ1) is 15.0. The average molecular weight is 425 g/mol. The number of anilines is 1. The molecule has 9 heteroatoms. The number of furan rings is 1. The van der Waals surface area contributed by atoms with Crippen molar-refractivity contribution in [3.63, 3.8) is 0 Å². The highest BCUT2D eigenvalue weighted by atomic mass is 16.5. The number of aliphatic imine (C=N–C) groups is 1. The van der Waals surface area contributed by atoms with Crippen LogP contribution in [-0.4, -0.2) is 61.9 Å². The Morgan fingerprint density at radius 2 is 1.90 bits per heavy atom. The monoisotopic (exact) mass is 425 g/mol. The van der Waals surface area contributed by atoms with Gasteiger partial charge in [0.05, 0.1) is 24.9 Å². The van der Waals surface area contributed by atoms with Crippen LogP contribution in [0.2, 0.25) is 0 Å². The molecule has 2 amide bonds. The van der Waals surface area contributed by atoms with Crippen LogP contribution in [0.15, 0.2) is 45.8 Å². The highest BCUT2D eigenvalue weighted by molar-refractivity contribution is 6.39. The van der Waals surface area contributed by atoms with E-state index in [1.807, 2.05) is 50.2 Å². The Hall–Kier alpha value is -3.17. The van der Waals surface area contributed by atoms with Crippen molar-refractivity contribution in [1.82, 2.24) is 15.6 Å². The topological polar surface area (TPSA) is 99.4 Å². The van der Waals surface area contributed by atoms with E-state index in [9.17, 15) is 9.59 Å². The molecule has 1 unspecified atom stereocenters. The number of carbonyl (C=O) groups is 2. The molecule has 4 rings (SSSR count). The second-order valence-corrected chi connectivity index (χ2v) is 7.66. The summed E-state index contributed by atoms with van der Waals surface area (Å²) in [5.74, 6) is 1.14. The average Bonchev–Trinajstić information content (AvgIpc) is 3.21. The van der Waals surface area contributed by atoms with Gasteiger partial charge in [0, 0.05) is 19.6 Å². The molecule has 9 nitrogen and oxygen atoms in total. The molecular weight excluding hydrogens is 398 g/mol. The third kappa shape index (κ3) is 4.95. The van der Waals surface area contributed by atoms with Gasteiger partial charge in [0.2, 0.25) is 5.84 Å². The molecule has 1 saturated heterocycles.